The zero-order valence-corrected chi connectivity index (χ0v) is 9.50. The Kier molecular flexibility index (Phi) is 2.35. The average molecular weight is 214 g/mol. The maximum atomic E-state index is 5.79. The van der Waals surface area contributed by atoms with Crippen LogP contribution in [0.1, 0.15) is 43.6 Å². The van der Waals surface area contributed by atoms with Crippen molar-refractivity contribution in [3.8, 4) is 0 Å². The number of nitrogens with one attached hydrogen (secondary N) is 1. The first kappa shape index (κ1) is 9.76. The maximum absolute atomic E-state index is 5.79. The fourth-order valence-corrected chi connectivity index (χ4v) is 2.92. The molecule has 1 fully saturated rings. The summed E-state index contributed by atoms with van der Waals surface area (Å²) in [5.41, 5.74) is 9.31. The average Bonchev–Trinajstić information content (AvgIpc) is 2.73. The predicted octanol–water partition coefficient (Wildman–Crippen LogP) is 3.80. The summed E-state index contributed by atoms with van der Waals surface area (Å²) >= 11 is 0. The fraction of sp³-hybridized carbons (Fsp3) is 0.429. The Labute approximate surface area is 95.8 Å². The Morgan fingerprint density at radius 1 is 1.12 bits per heavy atom. The Hall–Kier alpha value is -1.44. The lowest BCUT2D eigenvalue weighted by Gasteiger charge is -2.21. The van der Waals surface area contributed by atoms with E-state index < -0.39 is 0 Å². The van der Waals surface area contributed by atoms with Crippen LogP contribution >= 0.6 is 0 Å². The van der Waals surface area contributed by atoms with E-state index in [4.69, 9.17) is 5.73 Å². The Balaban J connectivity index is 2.03. The lowest BCUT2D eigenvalue weighted by atomic mass is 9.84. The Bertz CT molecular complexity index is 492. The molecule has 0 spiro atoms. The van der Waals surface area contributed by atoms with Gasteiger partial charge in [-0.3, -0.25) is 0 Å². The van der Waals surface area contributed by atoms with Gasteiger partial charge in [-0.05, 0) is 36.5 Å². The van der Waals surface area contributed by atoms with Gasteiger partial charge in [0.1, 0.15) is 0 Å². The van der Waals surface area contributed by atoms with Crippen molar-refractivity contribution in [2.24, 2.45) is 0 Å². The number of anilines is 1. The second kappa shape index (κ2) is 3.85. The first-order valence-corrected chi connectivity index (χ1v) is 6.21. The van der Waals surface area contributed by atoms with E-state index in [-0.39, 0.29) is 0 Å². The second-order valence-electron chi connectivity index (χ2n) is 4.88. The van der Waals surface area contributed by atoms with Crippen molar-refractivity contribution >= 4 is 16.6 Å². The molecule has 84 valence electrons. The molecule has 0 bridgehead atoms. The first-order chi connectivity index (χ1) is 7.84. The van der Waals surface area contributed by atoms with Crippen molar-refractivity contribution in [2.45, 2.75) is 38.0 Å². The van der Waals surface area contributed by atoms with E-state index in [2.05, 4.69) is 17.2 Å². The molecule has 0 atom stereocenters. The van der Waals surface area contributed by atoms with Crippen LogP contribution in [-0.2, 0) is 0 Å². The van der Waals surface area contributed by atoms with Gasteiger partial charge in [0.15, 0.2) is 0 Å². The number of nitrogen functional groups attached to an aromatic ring is 1. The van der Waals surface area contributed by atoms with Gasteiger partial charge in [0.25, 0.3) is 0 Å². The summed E-state index contributed by atoms with van der Waals surface area (Å²) in [5, 5.41) is 1.36. The summed E-state index contributed by atoms with van der Waals surface area (Å²) in [6.07, 6.45) is 9.04. The third-order valence-electron chi connectivity index (χ3n) is 3.78. The number of benzene rings is 1. The molecule has 1 aromatic heterocycles. The molecule has 2 heteroatoms. The SMILES string of the molecule is Nc1ccc2c(C3CCCCC3)c[nH]c2c1. The number of hydrogen-bond acceptors (Lipinski definition) is 1. The van der Waals surface area contributed by atoms with Gasteiger partial charge < -0.3 is 10.7 Å². The van der Waals surface area contributed by atoms with Crippen molar-refractivity contribution in [1.29, 1.82) is 0 Å². The lowest BCUT2D eigenvalue weighted by Crippen LogP contribution is -2.03. The predicted molar refractivity (Wildman–Crippen MR) is 68.5 cm³/mol. The second-order valence-corrected chi connectivity index (χ2v) is 4.88. The van der Waals surface area contributed by atoms with Crippen molar-refractivity contribution < 1.29 is 0 Å². The first-order valence-electron chi connectivity index (χ1n) is 6.21. The highest BCUT2D eigenvalue weighted by Crippen LogP contribution is 2.36. The normalized spacial score (nSPS) is 18.0. The quantitative estimate of drug-likeness (QED) is 0.697. The van der Waals surface area contributed by atoms with E-state index in [1.54, 1.807) is 0 Å². The maximum Gasteiger partial charge on any atom is 0.0477 e. The van der Waals surface area contributed by atoms with Gasteiger partial charge in [0, 0.05) is 22.8 Å². The summed E-state index contributed by atoms with van der Waals surface area (Å²) in [7, 11) is 0. The number of H-pyrrole nitrogens is 1. The minimum atomic E-state index is 0.756. The molecule has 1 saturated carbocycles. The van der Waals surface area contributed by atoms with Crippen LogP contribution in [0.2, 0.25) is 0 Å². The molecular weight excluding hydrogens is 196 g/mol. The third kappa shape index (κ3) is 1.58. The number of rotatable bonds is 1. The molecule has 2 nitrogen and oxygen atoms in total. The standard InChI is InChI=1S/C14H18N2/c15-11-6-7-12-13(9-16-14(12)8-11)10-4-2-1-3-5-10/h6-10,16H,1-5,15H2. The summed E-state index contributed by atoms with van der Waals surface area (Å²) in [6, 6.07) is 6.19. The highest BCUT2D eigenvalue weighted by molar-refractivity contribution is 5.86. The highest BCUT2D eigenvalue weighted by Gasteiger charge is 2.18. The van der Waals surface area contributed by atoms with Crippen LogP contribution < -0.4 is 5.73 Å². The van der Waals surface area contributed by atoms with Gasteiger partial charge in [-0.1, -0.05) is 25.3 Å². The smallest absolute Gasteiger partial charge is 0.0477 e. The number of hydrogen-bond donors (Lipinski definition) is 2. The highest BCUT2D eigenvalue weighted by atomic mass is 14.7. The molecule has 0 amide bonds. The summed E-state index contributed by atoms with van der Waals surface area (Å²) in [4.78, 5) is 3.35. The van der Waals surface area contributed by atoms with E-state index in [0.717, 1.165) is 11.6 Å². The van der Waals surface area contributed by atoms with Gasteiger partial charge in [-0.2, -0.15) is 0 Å². The van der Waals surface area contributed by atoms with Crippen molar-refractivity contribution in [2.75, 3.05) is 5.73 Å². The van der Waals surface area contributed by atoms with Crippen LogP contribution in [0, 0.1) is 0 Å². The van der Waals surface area contributed by atoms with Crippen LogP contribution in [0.15, 0.2) is 24.4 Å². The largest absolute Gasteiger partial charge is 0.399 e. The number of nitrogens with two attached hydrogens (primary N) is 1. The summed E-state index contributed by atoms with van der Waals surface area (Å²) < 4.78 is 0. The molecular formula is C14H18N2. The van der Waals surface area contributed by atoms with Gasteiger partial charge in [0.2, 0.25) is 0 Å². The van der Waals surface area contributed by atoms with Crippen molar-refractivity contribution in [3.63, 3.8) is 0 Å². The zero-order valence-electron chi connectivity index (χ0n) is 9.50. The number of aromatic nitrogens is 1. The minimum Gasteiger partial charge on any atom is -0.399 e. The third-order valence-corrected chi connectivity index (χ3v) is 3.78. The van der Waals surface area contributed by atoms with Gasteiger partial charge in [-0.15, -0.1) is 0 Å². The van der Waals surface area contributed by atoms with Crippen molar-refractivity contribution in [3.05, 3.63) is 30.0 Å². The topological polar surface area (TPSA) is 41.8 Å². The molecule has 16 heavy (non-hydrogen) atoms. The molecule has 3 rings (SSSR count). The van der Waals surface area contributed by atoms with Gasteiger partial charge in [-0.25, -0.2) is 0 Å². The van der Waals surface area contributed by atoms with Crippen LogP contribution in [0.5, 0.6) is 0 Å². The van der Waals surface area contributed by atoms with Crippen LogP contribution in [0.3, 0.4) is 0 Å². The molecule has 1 heterocycles. The molecule has 0 radical (unpaired) electrons. The Morgan fingerprint density at radius 2 is 1.94 bits per heavy atom. The van der Waals surface area contributed by atoms with Crippen LogP contribution in [-0.4, -0.2) is 4.98 Å². The molecule has 0 unspecified atom stereocenters. The monoisotopic (exact) mass is 214 g/mol. The summed E-state index contributed by atoms with van der Waals surface area (Å²) in [6.45, 7) is 0. The summed E-state index contributed by atoms with van der Waals surface area (Å²) in [5.74, 6) is 0.756. The van der Waals surface area contributed by atoms with E-state index in [9.17, 15) is 0 Å². The molecule has 0 aliphatic heterocycles. The number of fused-ring (bicyclic) bond motifs is 1. The zero-order chi connectivity index (χ0) is 11.0. The van der Waals surface area contributed by atoms with E-state index in [0.29, 0.717) is 0 Å². The van der Waals surface area contributed by atoms with Gasteiger partial charge in [0.05, 0.1) is 0 Å². The molecule has 1 aliphatic carbocycles. The molecule has 1 aromatic carbocycles. The van der Waals surface area contributed by atoms with E-state index in [1.807, 2.05) is 12.1 Å². The minimum absolute atomic E-state index is 0.756. The molecule has 2 aromatic rings. The van der Waals surface area contributed by atoms with Crippen LogP contribution in [0.25, 0.3) is 10.9 Å². The molecule has 0 saturated heterocycles. The van der Waals surface area contributed by atoms with Gasteiger partial charge >= 0.3 is 0 Å². The van der Waals surface area contributed by atoms with Crippen LogP contribution in [0.4, 0.5) is 5.69 Å². The Morgan fingerprint density at radius 3 is 2.75 bits per heavy atom. The number of aromatic amines is 1. The van der Waals surface area contributed by atoms with E-state index in [1.165, 1.54) is 48.6 Å². The van der Waals surface area contributed by atoms with Crippen molar-refractivity contribution in [1.82, 2.24) is 4.98 Å². The fourth-order valence-electron chi connectivity index (χ4n) is 2.92. The molecule has 1 aliphatic rings. The van der Waals surface area contributed by atoms with E-state index >= 15 is 0 Å². The molecule has 3 N–H and O–H groups in total. The lowest BCUT2D eigenvalue weighted by molar-refractivity contribution is 0.445.